The van der Waals surface area contributed by atoms with E-state index in [2.05, 4.69) is 74.6 Å². The molecule has 7 nitrogen and oxygen atoms in total. The summed E-state index contributed by atoms with van der Waals surface area (Å²) in [6, 6.07) is 26.7. The van der Waals surface area contributed by atoms with Crippen LogP contribution in [0.3, 0.4) is 0 Å². The number of hydrogen-bond acceptors (Lipinski definition) is 6. The highest BCUT2D eigenvalue weighted by Gasteiger charge is 2.19. The maximum Gasteiger partial charge on any atom is 0.342 e. The topological polar surface area (TPSA) is 95.9 Å². The molecule has 0 spiro atoms. The van der Waals surface area contributed by atoms with Crippen LogP contribution in [0.2, 0.25) is 0 Å². The van der Waals surface area contributed by atoms with Crippen LogP contribution in [-0.2, 0) is 26.0 Å². The van der Waals surface area contributed by atoms with Gasteiger partial charge < -0.3 is 14.7 Å². The van der Waals surface area contributed by atoms with Crippen LogP contribution in [0.1, 0.15) is 77.0 Å². The average molecular weight is 703 g/mol. The van der Waals surface area contributed by atoms with Crippen molar-refractivity contribution in [2.75, 3.05) is 31.1 Å². The fraction of sp³-hybridized carbons (Fsp3) is 0.375. The highest BCUT2D eigenvalue weighted by molar-refractivity contribution is 8.03. The van der Waals surface area contributed by atoms with Crippen molar-refractivity contribution in [3.63, 3.8) is 0 Å². The molecular formula is C40H50N2O5S2. The van der Waals surface area contributed by atoms with Gasteiger partial charge in [-0.3, -0.25) is 0 Å². The summed E-state index contributed by atoms with van der Waals surface area (Å²) >= 11 is 1.28. The van der Waals surface area contributed by atoms with Gasteiger partial charge in [0.05, 0.1) is 9.80 Å². The molecule has 0 unspecified atom stereocenters. The SMILES string of the molecule is CCCCN(CCCC)c1cccc2c(S(=O)(=O)NCCOc3ccc(/C=C(/SCc4ccc(C(C)(C)C)cc4)C(=O)O)cc3)cccc12. The van der Waals surface area contributed by atoms with E-state index in [4.69, 9.17) is 4.74 Å². The van der Waals surface area contributed by atoms with Crippen molar-refractivity contribution in [1.82, 2.24) is 4.72 Å². The molecule has 0 saturated carbocycles. The number of unbranched alkanes of at least 4 members (excludes halogenated alkanes) is 2. The number of thioether (sulfide) groups is 1. The number of fused-ring (bicyclic) bond motifs is 1. The van der Waals surface area contributed by atoms with Crippen molar-refractivity contribution in [2.45, 2.75) is 76.4 Å². The van der Waals surface area contributed by atoms with Crippen molar-refractivity contribution >= 4 is 50.3 Å². The third kappa shape index (κ3) is 10.8. The third-order valence-electron chi connectivity index (χ3n) is 8.32. The van der Waals surface area contributed by atoms with Crippen molar-refractivity contribution in [1.29, 1.82) is 0 Å². The zero-order valence-corrected chi connectivity index (χ0v) is 31.0. The first-order chi connectivity index (χ1) is 23.4. The number of carboxylic acids is 1. The van der Waals surface area contributed by atoms with Gasteiger partial charge in [-0.1, -0.05) is 108 Å². The quantitative estimate of drug-likeness (QED) is 0.0788. The van der Waals surface area contributed by atoms with Crippen LogP contribution in [-0.4, -0.2) is 45.7 Å². The molecule has 0 radical (unpaired) electrons. The molecule has 0 aliphatic heterocycles. The van der Waals surface area contributed by atoms with Crippen LogP contribution in [0.25, 0.3) is 16.8 Å². The van der Waals surface area contributed by atoms with E-state index >= 15 is 0 Å². The van der Waals surface area contributed by atoms with E-state index in [1.807, 2.05) is 24.3 Å². The van der Waals surface area contributed by atoms with Crippen LogP contribution in [0.5, 0.6) is 5.75 Å². The molecule has 0 aromatic heterocycles. The molecule has 0 aliphatic rings. The van der Waals surface area contributed by atoms with Crippen LogP contribution in [0.4, 0.5) is 5.69 Å². The van der Waals surface area contributed by atoms with Gasteiger partial charge in [0.25, 0.3) is 0 Å². The number of aliphatic carboxylic acids is 1. The third-order valence-corrected chi connectivity index (χ3v) is 10.9. The molecule has 4 aromatic carbocycles. The van der Waals surface area contributed by atoms with Gasteiger partial charge in [0.15, 0.2) is 0 Å². The second-order valence-electron chi connectivity index (χ2n) is 13.2. The predicted molar refractivity (Wildman–Crippen MR) is 205 cm³/mol. The Balaban J connectivity index is 1.35. The van der Waals surface area contributed by atoms with Gasteiger partial charge in [0.1, 0.15) is 12.4 Å². The summed E-state index contributed by atoms with van der Waals surface area (Å²) in [5.74, 6) is 0.140. The molecule has 262 valence electrons. The minimum absolute atomic E-state index is 0.0636. The summed E-state index contributed by atoms with van der Waals surface area (Å²) in [5, 5.41) is 11.4. The highest BCUT2D eigenvalue weighted by Crippen LogP contribution is 2.32. The summed E-state index contributed by atoms with van der Waals surface area (Å²) < 4.78 is 35.4. The van der Waals surface area contributed by atoms with Crippen LogP contribution in [0, 0.1) is 0 Å². The molecule has 0 amide bonds. The van der Waals surface area contributed by atoms with Crippen molar-refractivity contribution in [2.24, 2.45) is 0 Å². The van der Waals surface area contributed by atoms with Gasteiger partial charge in [-0.2, -0.15) is 0 Å². The summed E-state index contributed by atoms with van der Waals surface area (Å²) in [4.78, 5) is 14.8. The number of rotatable bonds is 18. The summed E-state index contributed by atoms with van der Waals surface area (Å²) in [6.07, 6.45) is 6.00. The van der Waals surface area contributed by atoms with Crippen LogP contribution >= 0.6 is 11.8 Å². The van der Waals surface area contributed by atoms with E-state index in [1.165, 1.54) is 17.3 Å². The Hall–Kier alpha value is -3.79. The highest BCUT2D eigenvalue weighted by atomic mass is 32.2. The monoisotopic (exact) mass is 702 g/mol. The van der Waals surface area contributed by atoms with Gasteiger partial charge in [0.2, 0.25) is 10.0 Å². The Bertz CT molecular complexity index is 1800. The van der Waals surface area contributed by atoms with Gasteiger partial charge in [-0.15, -0.1) is 11.8 Å². The number of anilines is 1. The molecule has 0 saturated heterocycles. The molecule has 4 rings (SSSR count). The maximum atomic E-state index is 13.4. The average Bonchev–Trinajstić information content (AvgIpc) is 3.08. The first-order valence-electron chi connectivity index (χ1n) is 17.1. The lowest BCUT2D eigenvalue weighted by molar-refractivity contribution is -0.131. The number of benzene rings is 4. The van der Waals surface area contributed by atoms with E-state index in [9.17, 15) is 18.3 Å². The molecule has 0 atom stereocenters. The zero-order chi connectivity index (χ0) is 35.4. The molecule has 4 aromatic rings. The lowest BCUT2D eigenvalue weighted by atomic mass is 9.87. The molecular weight excluding hydrogens is 653 g/mol. The lowest BCUT2D eigenvalue weighted by Gasteiger charge is -2.26. The number of sulfonamides is 1. The molecule has 2 N–H and O–H groups in total. The predicted octanol–water partition coefficient (Wildman–Crippen LogP) is 9.26. The Morgan fingerprint density at radius 3 is 2.12 bits per heavy atom. The molecule has 0 aliphatic carbocycles. The van der Waals surface area contributed by atoms with Gasteiger partial charge in [-0.25, -0.2) is 17.9 Å². The van der Waals surface area contributed by atoms with E-state index in [-0.39, 0.29) is 28.4 Å². The molecule has 9 heteroatoms. The number of ether oxygens (including phenoxy) is 1. The normalized spacial score (nSPS) is 12.3. The molecule has 0 fully saturated rings. The number of carboxylic acid groups (broad SMARTS) is 1. The van der Waals surface area contributed by atoms with E-state index in [1.54, 1.807) is 36.4 Å². The molecule has 0 bridgehead atoms. The second-order valence-corrected chi connectivity index (χ2v) is 15.9. The number of hydrogen-bond donors (Lipinski definition) is 2. The molecule has 49 heavy (non-hydrogen) atoms. The Labute approximate surface area is 296 Å². The lowest BCUT2D eigenvalue weighted by Crippen LogP contribution is -2.28. The minimum Gasteiger partial charge on any atom is -0.492 e. The van der Waals surface area contributed by atoms with Crippen molar-refractivity contribution < 1.29 is 23.1 Å². The fourth-order valence-electron chi connectivity index (χ4n) is 5.49. The van der Waals surface area contributed by atoms with Gasteiger partial charge in [0, 0.05) is 41.8 Å². The number of nitrogens with zero attached hydrogens (tertiary/aromatic N) is 1. The van der Waals surface area contributed by atoms with Gasteiger partial charge in [-0.05, 0) is 65.3 Å². The smallest absolute Gasteiger partial charge is 0.342 e. The van der Waals surface area contributed by atoms with E-state index in [0.29, 0.717) is 16.9 Å². The largest absolute Gasteiger partial charge is 0.492 e. The summed E-state index contributed by atoms with van der Waals surface area (Å²) in [5.41, 5.74) is 4.16. The fourth-order valence-corrected chi connectivity index (χ4v) is 7.58. The van der Waals surface area contributed by atoms with Crippen LogP contribution in [0.15, 0.2) is 94.7 Å². The Kier molecular flexibility index (Phi) is 13.8. The number of nitrogens with one attached hydrogen (secondary N) is 1. The second kappa shape index (κ2) is 17.7. The zero-order valence-electron chi connectivity index (χ0n) is 29.4. The summed E-state index contributed by atoms with van der Waals surface area (Å²) in [6.45, 7) is 13.0. The van der Waals surface area contributed by atoms with Gasteiger partial charge >= 0.3 is 5.97 Å². The number of carbonyl (C=O) groups is 1. The first kappa shape index (κ1) is 38.0. The Morgan fingerprint density at radius 1 is 0.878 bits per heavy atom. The van der Waals surface area contributed by atoms with Crippen molar-refractivity contribution in [3.8, 4) is 5.75 Å². The van der Waals surface area contributed by atoms with Crippen molar-refractivity contribution in [3.05, 3.63) is 107 Å². The maximum absolute atomic E-state index is 13.4. The van der Waals surface area contributed by atoms with E-state index in [0.717, 1.165) is 61.0 Å². The molecule has 0 heterocycles. The van der Waals surface area contributed by atoms with E-state index < -0.39 is 16.0 Å². The summed E-state index contributed by atoms with van der Waals surface area (Å²) in [7, 11) is -3.79. The van der Waals surface area contributed by atoms with Crippen LogP contribution < -0.4 is 14.4 Å². The first-order valence-corrected chi connectivity index (χ1v) is 19.6. The standard InChI is InChI=1S/C40H50N2O5S2/c1-6-8-25-42(26-9-7-2)36-14-10-13-35-34(36)12-11-15-38(35)49(45,46)41-24-27-47-33-22-18-30(19-23-33)28-37(39(43)44)48-29-31-16-20-32(21-17-31)40(3,4)5/h10-23,28,41H,6-9,24-27,29H2,1-5H3,(H,43,44)/b37-28+. The minimum atomic E-state index is -3.79. The Morgan fingerprint density at radius 2 is 1.51 bits per heavy atom.